The Morgan fingerprint density at radius 2 is 1.46 bits per heavy atom. The van der Waals surface area contributed by atoms with E-state index in [0.29, 0.717) is 12.4 Å². The predicted octanol–water partition coefficient (Wildman–Crippen LogP) is 6.92. The molecule has 37 heavy (non-hydrogen) atoms. The van der Waals surface area contributed by atoms with Crippen molar-refractivity contribution in [2.75, 3.05) is 33.0 Å². The Hall–Kier alpha value is -3.02. The Bertz CT molecular complexity index is 1160. The van der Waals surface area contributed by atoms with Crippen LogP contribution in [0.4, 0.5) is 0 Å². The van der Waals surface area contributed by atoms with Crippen molar-refractivity contribution in [1.29, 1.82) is 0 Å². The first-order valence-corrected chi connectivity index (χ1v) is 13.6. The average Bonchev–Trinajstić information content (AvgIpc) is 3.25. The molecule has 0 saturated carbocycles. The van der Waals surface area contributed by atoms with Crippen LogP contribution in [0.1, 0.15) is 55.7 Å². The van der Waals surface area contributed by atoms with Crippen molar-refractivity contribution < 1.29 is 24.1 Å². The Morgan fingerprint density at radius 1 is 0.784 bits per heavy atom. The molecule has 0 aromatic heterocycles. The molecule has 1 saturated heterocycles. The standard InChI is InChI=1S/C32H38O5/c1-2-32(22-35-23-32)21-34-15-5-3-4-6-16-36-28-9-11-29(12-10-28)37-20-24-7-13-30-25(17-24)18-26-19-27(33)8-14-31(26)30/h7-14,17,19,33H,2-6,15-16,18,20-23H2,1H3. The Kier molecular flexibility index (Phi) is 8.32. The smallest absolute Gasteiger partial charge is 0.120 e. The normalized spacial score (nSPS) is 15.1. The molecule has 0 atom stereocenters. The molecule has 196 valence electrons. The van der Waals surface area contributed by atoms with E-state index in [0.717, 1.165) is 82.2 Å². The molecule has 1 aliphatic carbocycles. The van der Waals surface area contributed by atoms with Gasteiger partial charge >= 0.3 is 0 Å². The number of rotatable bonds is 14. The van der Waals surface area contributed by atoms with Gasteiger partial charge in [-0.2, -0.15) is 0 Å². The van der Waals surface area contributed by atoms with E-state index in [1.807, 2.05) is 36.4 Å². The summed E-state index contributed by atoms with van der Waals surface area (Å²) in [4.78, 5) is 0. The summed E-state index contributed by atoms with van der Waals surface area (Å²) in [5.74, 6) is 2.03. The lowest BCUT2D eigenvalue weighted by Gasteiger charge is -2.40. The number of ether oxygens (including phenoxy) is 4. The van der Waals surface area contributed by atoms with Gasteiger partial charge in [0.25, 0.3) is 0 Å². The van der Waals surface area contributed by atoms with Crippen LogP contribution in [0.3, 0.4) is 0 Å². The Labute approximate surface area is 220 Å². The van der Waals surface area contributed by atoms with E-state index in [4.69, 9.17) is 18.9 Å². The van der Waals surface area contributed by atoms with E-state index in [9.17, 15) is 5.11 Å². The Balaban J connectivity index is 0.963. The maximum Gasteiger partial charge on any atom is 0.120 e. The highest BCUT2D eigenvalue weighted by molar-refractivity contribution is 5.77. The van der Waals surface area contributed by atoms with Crippen LogP contribution < -0.4 is 9.47 Å². The highest BCUT2D eigenvalue weighted by Gasteiger charge is 2.36. The zero-order chi connectivity index (χ0) is 25.5. The van der Waals surface area contributed by atoms with Crippen LogP contribution in [0.15, 0.2) is 60.7 Å². The van der Waals surface area contributed by atoms with E-state index in [1.54, 1.807) is 6.07 Å². The highest BCUT2D eigenvalue weighted by Crippen LogP contribution is 2.38. The fourth-order valence-corrected chi connectivity index (χ4v) is 5.06. The van der Waals surface area contributed by atoms with Crippen molar-refractivity contribution >= 4 is 0 Å². The number of phenols is 1. The third kappa shape index (κ3) is 6.46. The summed E-state index contributed by atoms with van der Waals surface area (Å²) >= 11 is 0. The van der Waals surface area contributed by atoms with Gasteiger partial charge in [-0.05, 0) is 96.3 Å². The minimum absolute atomic E-state index is 0.287. The number of hydrogen-bond donors (Lipinski definition) is 1. The second-order valence-electron chi connectivity index (χ2n) is 10.4. The lowest BCUT2D eigenvalue weighted by atomic mass is 9.84. The molecule has 0 amide bonds. The van der Waals surface area contributed by atoms with Crippen molar-refractivity contribution in [2.24, 2.45) is 5.41 Å². The van der Waals surface area contributed by atoms with E-state index in [-0.39, 0.29) is 5.41 Å². The first-order chi connectivity index (χ1) is 18.1. The van der Waals surface area contributed by atoms with Crippen molar-refractivity contribution in [3.05, 3.63) is 77.4 Å². The molecule has 3 aromatic rings. The molecule has 3 aromatic carbocycles. The molecular weight excluding hydrogens is 464 g/mol. The number of phenolic OH excluding ortho intramolecular Hbond substituents is 1. The van der Waals surface area contributed by atoms with E-state index in [1.165, 1.54) is 28.7 Å². The molecule has 0 spiro atoms. The number of benzene rings is 3. The average molecular weight is 503 g/mol. The number of aromatic hydroxyl groups is 1. The molecule has 2 aliphatic rings. The molecule has 1 aliphatic heterocycles. The van der Waals surface area contributed by atoms with Crippen LogP contribution in [-0.4, -0.2) is 38.1 Å². The van der Waals surface area contributed by atoms with Crippen LogP contribution in [0, 0.1) is 5.41 Å². The monoisotopic (exact) mass is 502 g/mol. The molecule has 1 heterocycles. The zero-order valence-corrected chi connectivity index (χ0v) is 21.8. The summed E-state index contributed by atoms with van der Waals surface area (Å²) in [6.45, 7) is 6.85. The summed E-state index contributed by atoms with van der Waals surface area (Å²) in [6.07, 6.45) is 6.46. The van der Waals surface area contributed by atoms with Crippen LogP contribution >= 0.6 is 0 Å². The van der Waals surface area contributed by atoms with Gasteiger partial charge in [-0.1, -0.05) is 37.6 Å². The quantitative estimate of drug-likeness (QED) is 0.190. The number of fused-ring (bicyclic) bond motifs is 3. The van der Waals surface area contributed by atoms with Crippen LogP contribution in [0.5, 0.6) is 17.2 Å². The molecule has 0 radical (unpaired) electrons. The number of hydrogen-bond acceptors (Lipinski definition) is 5. The van der Waals surface area contributed by atoms with Crippen molar-refractivity contribution in [3.8, 4) is 28.4 Å². The third-order valence-corrected chi connectivity index (χ3v) is 7.59. The SMILES string of the molecule is CCC1(COCCCCCCOc2ccc(OCc3ccc4c(c3)Cc3cc(O)ccc3-4)cc2)COC1. The summed E-state index contributed by atoms with van der Waals surface area (Å²) in [7, 11) is 0. The first-order valence-electron chi connectivity index (χ1n) is 13.6. The van der Waals surface area contributed by atoms with Gasteiger partial charge in [-0.15, -0.1) is 0 Å². The summed E-state index contributed by atoms with van der Waals surface area (Å²) in [5, 5.41) is 9.77. The second-order valence-corrected chi connectivity index (χ2v) is 10.4. The van der Waals surface area contributed by atoms with Crippen LogP contribution in [-0.2, 0) is 22.5 Å². The van der Waals surface area contributed by atoms with Crippen LogP contribution in [0.25, 0.3) is 11.1 Å². The van der Waals surface area contributed by atoms with Crippen molar-refractivity contribution in [1.82, 2.24) is 0 Å². The lowest BCUT2D eigenvalue weighted by Crippen LogP contribution is -2.45. The fraction of sp³-hybridized carbons (Fsp3) is 0.438. The predicted molar refractivity (Wildman–Crippen MR) is 145 cm³/mol. The van der Waals surface area contributed by atoms with E-state index >= 15 is 0 Å². The molecule has 5 heteroatoms. The van der Waals surface area contributed by atoms with Gasteiger partial charge in [0.2, 0.25) is 0 Å². The minimum Gasteiger partial charge on any atom is -0.508 e. The molecular formula is C32H38O5. The maximum atomic E-state index is 9.77. The first kappa shape index (κ1) is 25.6. The van der Waals surface area contributed by atoms with E-state index < -0.39 is 0 Å². The topological polar surface area (TPSA) is 57.2 Å². The Morgan fingerprint density at radius 3 is 2.16 bits per heavy atom. The lowest BCUT2D eigenvalue weighted by molar-refractivity contribution is -0.150. The summed E-state index contributed by atoms with van der Waals surface area (Å²) < 4.78 is 23.1. The van der Waals surface area contributed by atoms with Crippen molar-refractivity contribution in [3.63, 3.8) is 0 Å². The zero-order valence-electron chi connectivity index (χ0n) is 21.8. The van der Waals surface area contributed by atoms with Gasteiger partial charge in [-0.3, -0.25) is 0 Å². The largest absolute Gasteiger partial charge is 0.508 e. The van der Waals surface area contributed by atoms with E-state index in [2.05, 4.69) is 25.1 Å². The minimum atomic E-state index is 0.287. The van der Waals surface area contributed by atoms with Gasteiger partial charge in [-0.25, -0.2) is 0 Å². The van der Waals surface area contributed by atoms with Crippen LogP contribution in [0.2, 0.25) is 0 Å². The maximum absolute atomic E-state index is 9.77. The summed E-state index contributed by atoms with van der Waals surface area (Å²) in [6, 6.07) is 20.0. The molecule has 5 nitrogen and oxygen atoms in total. The second kappa shape index (κ2) is 12.0. The van der Waals surface area contributed by atoms with Gasteiger partial charge < -0.3 is 24.1 Å². The summed E-state index contributed by atoms with van der Waals surface area (Å²) in [5.41, 5.74) is 6.35. The molecule has 0 unspecified atom stereocenters. The fourth-order valence-electron chi connectivity index (χ4n) is 5.06. The highest BCUT2D eigenvalue weighted by atomic mass is 16.5. The van der Waals surface area contributed by atoms with Gasteiger partial charge in [0.1, 0.15) is 23.9 Å². The molecule has 1 fully saturated rings. The van der Waals surface area contributed by atoms with Gasteiger partial charge in [0.05, 0.1) is 26.4 Å². The van der Waals surface area contributed by atoms with Gasteiger partial charge in [0, 0.05) is 12.0 Å². The molecule has 0 bridgehead atoms. The van der Waals surface area contributed by atoms with Crippen molar-refractivity contribution in [2.45, 2.75) is 52.1 Å². The molecule has 1 N–H and O–H groups in total. The number of unbranched alkanes of at least 4 members (excludes halogenated alkanes) is 3. The van der Waals surface area contributed by atoms with Gasteiger partial charge in [0.15, 0.2) is 0 Å². The molecule has 5 rings (SSSR count). The third-order valence-electron chi connectivity index (χ3n) is 7.59.